The van der Waals surface area contributed by atoms with Crippen LogP contribution < -0.4 is 10.0 Å². The van der Waals surface area contributed by atoms with Gasteiger partial charge in [-0.05, 0) is 48.0 Å². The van der Waals surface area contributed by atoms with Crippen LogP contribution in [0.3, 0.4) is 0 Å². The standard InChI is InChI=1S/C22H18Cl2N2O4S/c1-14(27)25-13-15-6-9-17(10-7-15)31(29,30)26-21-11-8-16(23)12-19(21)22(28)18-4-2-3-5-20(18)24/h2-12,26H,13H2,1H3,(H,25,27). The average Bonchev–Trinajstić information content (AvgIpc) is 2.73. The topological polar surface area (TPSA) is 92.3 Å². The van der Waals surface area contributed by atoms with Crippen molar-refractivity contribution in [3.8, 4) is 0 Å². The van der Waals surface area contributed by atoms with Crippen molar-refractivity contribution >= 4 is 50.6 Å². The SMILES string of the molecule is CC(=O)NCc1ccc(S(=O)(=O)Nc2ccc(Cl)cc2C(=O)c2ccccc2Cl)cc1. The van der Waals surface area contributed by atoms with E-state index in [0.29, 0.717) is 0 Å². The van der Waals surface area contributed by atoms with Gasteiger partial charge in [0, 0.05) is 29.6 Å². The fraction of sp³-hybridized carbons (Fsp3) is 0.0909. The molecular weight excluding hydrogens is 459 g/mol. The van der Waals surface area contributed by atoms with Gasteiger partial charge in [0.15, 0.2) is 5.78 Å². The summed E-state index contributed by atoms with van der Waals surface area (Å²) in [5.41, 5.74) is 1.13. The van der Waals surface area contributed by atoms with Gasteiger partial charge in [-0.2, -0.15) is 0 Å². The van der Waals surface area contributed by atoms with E-state index in [1.807, 2.05) is 0 Å². The third-order valence-electron chi connectivity index (χ3n) is 4.36. The van der Waals surface area contributed by atoms with E-state index in [1.54, 1.807) is 36.4 Å². The average molecular weight is 477 g/mol. The van der Waals surface area contributed by atoms with Crippen molar-refractivity contribution in [2.45, 2.75) is 18.4 Å². The second-order valence-electron chi connectivity index (χ2n) is 6.66. The summed E-state index contributed by atoms with van der Waals surface area (Å²) >= 11 is 12.2. The predicted octanol–water partition coefficient (Wildman–Crippen LogP) is 4.66. The lowest BCUT2D eigenvalue weighted by atomic mass is 10.0. The number of benzene rings is 3. The summed E-state index contributed by atoms with van der Waals surface area (Å²) in [6.45, 7) is 1.69. The summed E-state index contributed by atoms with van der Waals surface area (Å²) in [5.74, 6) is -0.645. The highest BCUT2D eigenvalue weighted by molar-refractivity contribution is 7.92. The van der Waals surface area contributed by atoms with E-state index in [2.05, 4.69) is 10.0 Å². The third kappa shape index (κ3) is 5.64. The van der Waals surface area contributed by atoms with Gasteiger partial charge in [0.1, 0.15) is 0 Å². The first-order chi connectivity index (χ1) is 14.7. The maximum atomic E-state index is 13.0. The van der Waals surface area contributed by atoms with E-state index in [9.17, 15) is 18.0 Å². The number of hydrogen-bond donors (Lipinski definition) is 2. The zero-order chi connectivity index (χ0) is 22.6. The van der Waals surface area contributed by atoms with Gasteiger partial charge in [-0.1, -0.05) is 47.5 Å². The number of rotatable bonds is 7. The van der Waals surface area contributed by atoms with Crippen molar-refractivity contribution in [2.75, 3.05) is 4.72 Å². The van der Waals surface area contributed by atoms with Gasteiger partial charge in [-0.25, -0.2) is 8.42 Å². The number of nitrogens with one attached hydrogen (secondary N) is 2. The number of sulfonamides is 1. The van der Waals surface area contributed by atoms with Crippen molar-refractivity contribution in [1.29, 1.82) is 0 Å². The molecule has 2 N–H and O–H groups in total. The molecule has 3 rings (SSSR count). The Bertz CT molecular complexity index is 1240. The minimum Gasteiger partial charge on any atom is -0.352 e. The van der Waals surface area contributed by atoms with Crippen molar-refractivity contribution in [1.82, 2.24) is 5.32 Å². The fourth-order valence-electron chi connectivity index (χ4n) is 2.80. The van der Waals surface area contributed by atoms with Gasteiger partial charge in [-0.15, -0.1) is 0 Å². The lowest BCUT2D eigenvalue weighted by Gasteiger charge is -2.13. The molecule has 0 aliphatic carbocycles. The smallest absolute Gasteiger partial charge is 0.261 e. The van der Waals surface area contributed by atoms with Crippen LogP contribution in [0.2, 0.25) is 10.0 Å². The van der Waals surface area contributed by atoms with Crippen LogP contribution in [0.4, 0.5) is 5.69 Å². The van der Waals surface area contributed by atoms with E-state index in [1.165, 1.54) is 37.3 Å². The Labute approximate surface area is 190 Å². The van der Waals surface area contributed by atoms with Gasteiger partial charge < -0.3 is 5.32 Å². The van der Waals surface area contributed by atoms with Crippen LogP contribution in [-0.4, -0.2) is 20.1 Å². The highest BCUT2D eigenvalue weighted by atomic mass is 35.5. The largest absolute Gasteiger partial charge is 0.352 e. The number of hydrogen-bond acceptors (Lipinski definition) is 4. The van der Waals surface area contributed by atoms with Gasteiger partial charge in [0.05, 0.1) is 15.6 Å². The minimum atomic E-state index is -3.99. The van der Waals surface area contributed by atoms with Gasteiger partial charge >= 0.3 is 0 Å². The molecule has 160 valence electrons. The Morgan fingerprint density at radius 1 is 0.903 bits per heavy atom. The molecule has 0 aliphatic rings. The van der Waals surface area contributed by atoms with Crippen LogP contribution >= 0.6 is 23.2 Å². The fourth-order valence-corrected chi connectivity index (χ4v) is 4.27. The zero-order valence-corrected chi connectivity index (χ0v) is 18.7. The van der Waals surface area contributed by atoms with Gasteiger partial charge in [0.2, 0.25) is 5.91 Å². The Hall–Kier alpha value is -2.87. The van der Waals surface area contributed by atoms with Crippen molar-refractivity contribution in [3.05, 3.63) is 93.5 Å². The van der Waals surface area contributed by atoms with Crippen molar-refractivity contribution in [2.24, 2.45) is 0 Å². The summed E-state index contributed by atoms with van der Waals surface area (Å²) < 4.78 is 28.2. The van der Waals surface area contributed by atoms with E-state index >= 15 is 0 Å². The van der Waals surface area contributed by atoms with Crippen LogP contribution in [0.15, 0.2) is 71.6 Å². The summed E-state index contributed by atoms with van der Waals surface area (Å²) in [7, 11) is -3.99. The van der Waals surface area contributed by atoms with Crippen LogP contribution in [0.1, 0.15) is 28.4 Å². The Kier molecular flexibility index (Phi) is 7.00. The maximum Gasteiger partial charge on any atom is 0.261 e. The molecule has 6 nitrogen and oxygen atoms in total. The molecule has 3 aromatic carbocycles. The molecule has 1 amide bonds. The predicted molar refractivity (Wildman–Crippen MR) is 121 cm³/mol. The molecule has 0 unspecified atom stereocenters. The molecule has 0 aromatic heterocycles. The molecule has 0 spiro atoms. The normalized spacial score (nSPS) is 11.1. The van der Waals surface area contributed by atoms with Gasteiger partial charge in [0.25, 0.3) is 10.0 Å². The van der Waals surface area contributed by atoms with E-state index in [-0.39, 0.29) is 44.2 Å². The minimum absolute atomic E-state index is 0.00478. The van der Waals surface area contributed by atoms with Crippen LogP contribution in [0.25, 0.3) is 0 Å². The monoisotopic (exact) mass is 476 g/mol. The van der Waals surface area contributed by atoms with Crippen molar-refractivity contribution < 1.29 is 18.0 Å². The van der Waals surface area contributed by atoms with E-state index < -0.39 is 15.8 Å². The molecule has 0 saturated heterocycles. The third-order valence-corrected chi connectivity index (χ3v) is 6.31. The second-order valence-corrected chi connectivity index (χ2v) is 9.18. The Morgan fingerprint density at radius 2 is 1.58 bits per heavy atom. The molecule has 0 atom stereocenters. The lowest BCUT2D eigenvalue weighted by molar-refractivity contribution is -0.119. The molecular formula is C22H18Cl2N2O4S. The maximum absolute atomic E-state index is 13.0. The lowest BCUT2D eigenvalue weighted by Crippen LogP contribution is -2.19. The number of amides is 1. The number of carbonyl (C=O) groups excluding carboxylic acids is 2. The summed E-state index contributed by atoms with van der Waals surface area (Å²) in [5, 5.41) is 3.17. The number of anilines is 1. The zero-order valence-electron chi connectivity index (χ0n) is 16.4. The Morgan fingerprint density at radius 3 is 2.23 bits per heavy atom. The summed E-state index contributed by atoms with van der Waals surface area (Å²) in [4.78, 5) is 24.0. The first kappa shape index (κ1) is 22.8. The first-order valence-electron chi connectivity index (χ1n) is 9.12. The van der Waals surface area contributed by atoms with Crippen molar-refractivity contribution in [3.63, 3.8) is 0 Å². The van der Waals surface area contributed by atoms with E-state index in [4.69, 9.17) is 23.2 Å². The molecule has 0 aliphatic heterocycles. The highest BCUT2D eigenvalue weighted by Crippen LogP contribution is 2.28. The molecule has 0 saturated carbocycles. The molecule has 0 bridgehead atoms. The molecule has 0 fully saturated rings. The molecule has 0 radical (unpaired) electrons. The second kappa shape index (κ2) is 9.51. The van der Waals surface area contributed by atoms with Crippen LogP contribution in [-0.2, 0) is 21.4 Å². The van der Waals surface area contributed by atoms with Crippen LogP contribution in [0.5, 0.6) is 0 Å². The Balaban J connectivity index is 1.91. The quantitative estimate of drug-likeness (QED) is 0.484. The molecule has 31 heavy (non-hydrogen) atoms. The summed E-state index contributed by atoms with van der Waals surface area (Å²) in [6.07, 6.45) is 0. The van der Waals surface area contributed by atoms with Crippen LogP contribution in [0, 0.1) is 0 Å². The number of ketones is 1. The molecule has 9 heteroatoms. The summed E-state index contributed by atoms with van der Waals surface area (Å²) in [6, 6.07) is 16.8. The first-order valence-corrected chi connectivity index (χ1v) is 11.4. The number of carbonyl (C=O) groups is 2. The highest BCUT2D eigenvalue weighted by Gasteiger charge is 2.21. The number of halogens is 2. The molecule has 3 aromatic rings. The van der Waals surface area contributed by atoms with E-state index in [0.717, 1.165) is 5.56 Å². The molecule has 0 heterocycles. The van der Waals surface area contributed by atoms with Gasteiger partial charge in [-0.3, -0.25) is 14.3 Å².